The lowest BCUT2D eigenvalue weighted by atomic mass is 10.1. The highest BCUT2D eigenvalue weighted by Gasteiger charge is 2.25. The zero-order chi connectivity index (χ0) is 45.8. The van der Waals surface area contributed by atoms with Crippen LogP contribution >= 0.6 is 7.82 Å². The Labute approximate surface area is 388 Å². The molecule has 8 nitrogen and oxygen atoms in total. The van der Waals surface area contributed by atoms with Gasteiger partial charge in [0.15, 0.2) is 0 Å². The largest absolute Gasteiger partial charge is 0.472 e. The number of esters is 1. The number of unbranched alkanes of at least 4 members (excludes halogenated alkanes) is 21. The molecule has 0 aliphatic heterocycles. The normalized spacial score (nSPS) is 14.0. The Hall–Kier alpha value is -2.32. The molecule has 0 saturated carbocycles. The van der Waals surface area contributed by atoms with E-state index in [1.165, 1.54) is 109 Å². The molecule has 0 aliphatic carbocycles. The van der Waals surface area contributed by atoms with Crippen LogP contribution in [-0.2, 0) is 27.9 Å². The van der Waals surface area contributed by atoms with Gasteiger partial charge in [-0.15, -0.1) is 0 Å². The molecular weight excluding hydrogens is 806 g/mol. The number of allylic oxidation sites excluding steroid dienone is 14. The second kappa shape index (κ2) is 50.7. The minimum absolute atomic E-state index is 0.0932. The number of phosphoric acid groups is 1. The molecule has 2 unspecified atom stereocenters. The number of nitrogens with two attached hydrogens (primary N) is 1. The van der Waals surface area contributed by atoms with Gasteiger partial charge in [-0.25, -0.2) is 4.57 Å². The van der Waals surface area contributed by atoms with Crippen molar-refractivity contribution in [1.82, 2.24) is 0 Å². The monoisotopic (exact) mass is 902 g/mol. The summed E-state index contributed by atoms with van der Waals surface area (Å²) in [6.07, 6.45) is 66.1. The van der Waals surface area contributed by atoms with Crippen molar-refractivity contribution < 1.29 is 32.8 Å². The van der Waals surface area contributed by atoms with Crippen molar-refractivity contribution in [1.29, 1.82) is 0 Å². The Balaban J connectivity index is 4.02. The summed E-state index contributed by atoms with van der Waals surface area (Å²) in [5.41, 5.74) is 5.39. The van der Waals surface area contributed by atoms with E-state index in [0.717, 1.165) is 83.5 Å². The summed E-state index contributed by atoms with van der Waals surface area (Å²) < 4.78 is 33.6. The van der Waals surface area contributed by atoms with Crippen LogP contribution in [0.15, 0.2) is 85.1 Å². The fourth-order valence-corrected chi connectivity index (χ4v) is 7.58. The highest BCUT2D eigenvalue weighted by molar-refractivity contribution is 7.47. The van der Waals surface area contributed by atoms with E-state index < -0.39 is 13.9 Å². The molecule has 0 fully saturated rings. The van der Waals surface area contributed by atoms with Gasteiger partial charge in [-0.05, 0) is 89.9 Å². The minimum atomic E-state index is -4.29. The van der Waals surface area contributed by atoms with E-state index in [9.17, 15) is 14.3 Å². The van der Waals surface area contributed by atoms with Crippen LogP contribution in [0, 0.1) is 0 Å². The summed E-state index contributed by atoms with van der Waals surface area (Å²) in [6, 6.07) is 0. The summed E-state index contributed by atoms with van der Waals surface area (Å²) in [6.45, 7) is 4.78. The van der Waals surface area contributed by atoms with E-state index in [-0.39, 0.29) is 32.3 Å². The average Bonchev–Trinajstić information content (AvgIpc) is 3.28. The zero-order valence-corrected chi connectivity index (χ0v) is 41.4. The molecule has 364 valence electrons. The Bertz CT molecular complexity index is 1240. The topological polar surface area (TPSA) is 117 Å². The van der Waals surface area contributed by atoms with Gasteiger partial charge in [0.2, 0.25) is 0 Å². The first-order valence-electron chi connectivity index (χ1n) is 25.6. The lowest BCUT2D eigenvalue weighted by Crippen LogP contribution is -2.28. The minimum Gasteiger partial charge on any atom is -0.457 e. The first-order chi connectivity index (χ1) is 30.9. The number of carbonyl (C=O) groups excluding carboxylic acids is 1. The third-order valence-electron chi connectivity index (χ3n) is 10.5. The summed E-state index contributed by atoms with van der Waals surface area (Å²) in [5, 5.41) is 0. The maximum absolute atomic E-state index is 12.7. The van der Waals surface area contributed by atoms with Gasteiger partial charge in [0, 0.05) is 19.6 Å². The molecule has 3 N–H and O–H groups in total. The second-order valence-corrected chi connectivity index (χ2v) is 18.1. The molecule has 0 heterocycles. The second-order valence-electron chi connectivity index (χ2n) is 16.6. The van der Waals surface area contributed by atoms with Crippen molar-refractivity contribution in [2.75, 3.05) is 33.0 Å². The van der Waals surface area contributed by atoms with Crippen LogP contribution in [0.25, 0.3) is 0 Å². The molecule has 0 aliphatic rings. The van der Waals surface area contributed by atoms with Crippen molar-refractivity contribution in [3.63, 3.8) is 0 Å². The van der Waals surface area contributed by atoms with E-state index >= 15 is 0 Å². The van der Waals surface area contributed by atoms with Crippen LogP contribution in [0.2, 0.25) is 0 Å². The van der Waals surface area contributed by atoms with Crippen molar-refractivity contribution >= 4 is 13.8 Å². The summed E-state index contributed by atoms with van der Waals surface area (Å²) >= 11 is 0. The smallest absolute Gasteiger partial charge is 0.457 e. The summed E-state index contributed by atoms with van der Waals surface area (Å²) in [7, 11) is -4.29. The maximum atomic E-state index is 12.7. The van der Waals surface area contributed by atoms with E-state index in [1.807, 2.05) is 0 Å². The highest BCUT2D eigenvalue weighted by Crippen LogP contribution is 2.43. The molecule has 0 spiro atoms. The number of hydrogen-bond acceptors (Lipinski definition) is 7. The molecule has 0 aromatic rings. The Morgan fingerprint density at radius 1 is 0.492 bits per heavy atom. The fraction of sp³-hybridized carbons (Fsp3) is 0.722. The van der Waals surface area contributed by atoms with E-state index in [0.29, 0.717) is 13.0 Å². The van der Waals surface area contributed by atoms with Crippen LogP contribution in [-0.4, -0.2) is 49.9 Å². The first-order valence-corrected chi connectivity index (χ1v) is 27.1. The third-order valence-corrected chi connectivity index (χ3v) is 11.5. The van der Waals surface area contributed by atoms with Gasteiger partial charge in [-0.3, -0.25) is 13.8 Å². The van der Waals surface area contributed by atoms with Gasteiger partial charge >= 0.3 is 13.8 Å². The van der Waals surface area contributed by atoms with Crippen molar-refractivity contribution in [2.45, 2.75) is 219 Å². The Kier molecular flexibility index (Phi) is 48.8. The molecule has 63 heavy (non-hydrogen) atoms. The van der Waals surface area contributed by atoms with E-state index in [4.69, 9.17) is 24.3 Å². The number of hydrogen-bond donors (Lipinski definition) is 2. The van der Waals surface area contributed by atoms with Gasteiger partial charge in [0.1, 0.15) is 6.10 Å². The first kappa shape index (κ1) is 60.7. The zero-order valence-electron chi connectivity index (χ0n) is 40.5. The molecule has 0 bridgehead atoms. The number of ether oxygens (including phenoxy) is 2. The maximum Gasteiger partial charge on any atom is 0.472 e. The van der Waals surface area contributed by atoms with Crippen LogP contribution in [0.5, 0.6) is 0 Å². The summed E-state index contributed by atoms with van der Waals surface area (Å²) in [4.78, 5) is 22.6. The molecule has 0 saturated heterocycles. The molecule has 0 radical (unpaired) electrons. The lowest BCUT2D eigenvalue weighted by molar-refractivity contribution is -0.154. The van der Waals surface area contributed by atoms with E-state index in [1.54, 1.807) is 0 Å². The number of rotatable bonds is 48. The summed E-state index contributed by atoms with van der Waals surface area (Å²) in [5.74, 6) is -0.347. The third kappa shape index (κ3) is 50.5. The van der Waals surface area contributed by atoms with Crippen LogP contribution in [0.3, 0.4) is 0 Å². The predicted molar refractivity (Wildman–Crippen MR) is 270 cm³/mol. The van der Waals surface area contributed by atoms with Crippen molar-refractivity contribution in [3.8, 4) is 0 Å². The molecular formula is C54H96NO7P. The highest BCUT2D eigenvalue weighted by atomic mass is 31.2. The molecule has 0 rings (SSSR count). The van der Waals surface area contributed by atoms with Crippen LogP contribution in [0.1, 0.15) is 213 Å². The standard InChI is InChI=1S/C54H96NO7P/c1-3-5-7-9-11-13-15-17-19-21-23-24-25-26-27-28-29-31-33-35-37-39-41-43-45-47-54(56)62-53(52-61-63(57,58)60-50-48-55)51-59-49-46-44-42-40-38-36-34-32-30-22-20-18-16-14-12-10-8-6-4-2/h5,7,11,13,17,19-20,22-24,26-27,29,31,53H,3-4,6,8-10,12,14-16,18,21,25,28,30,32-52,55H2,1-2H3,(H,57,58)/b7-5-,13-11-,19-17-,22-20-,24-23-,27-26-,31-29-. The Morgan fingerprint density at radius 3 is 1.35 bits per heavy atom. The number of carbonyl (C=O) groups is 1. The SMILES string of the molecule is CC/C=C\C/C=C\C/C=C\C/C=C\C/C=C\C/C=C\CCCCCCCCC(=O)OC(COCCCCCCCCCC/C=C\CCCCCCCCC)COP(=O)(O)OCCN. The van der Waals surface area contributed by atoms with Crippen molar-refractivity contribution in [3.05, 3.63) is 85.1 Å². The van der Waals surface area contributed by atoms with Crippen molar-refractivity contribution in [2.24, 2.45) is 5.73 Å². The number of phosphoric ester groups is 1. The van der Waals surface area contributed by atoms with E-state index in [2.05, 4.69) is 98.9 Å². The Morgan fingerprint density at radius 2 is 0.889 bits per heavy atom. The molecule has 0 aromatic carbocycles. The van der Waals surface area contributed by atoms with Crippen LogP contribution in [0.4, 0.5) is 0 Å². The lowest BCUT2D eigenvalue weighted by Gasteiger charge is -2.20. The molecule has 0 aromatic heterocycles. The van der Waals surface area contributed by atoms with Gasteiger partial charge in [0.25, 0.3) is 0 Å². The molecule has 2 atom stereocenters. The van der Waals surface area contributed by atoms with Gasteiger partial charge in [-0.1, -0.05) is 202 Å². The van der Waals surface area contributed by atoms with Gasteiger partial charge in [-0.2, -0.15) is 0 Å². The quantitative estimate of drug-likeness (QED) is 0.0268. The van der Waals surface area contributed by atoms with Gasteiger partial charge < -0.3 is 20.1 Å². The molecule has 9 heteroatoms. The fourth-order valence-electron chi connectivity index (χ4n) is 6.82. The average molecular weight is 902 g/mol. The predicted octanol–water partition coefficient (Wildman–Crippen LogP) is 16.0. The molecule has 0 amide bonds. The van der Waals surface area contributed by atoms with Gasteiger partial charge in [0.05, 0.1) is 19.8 Å². The van der Waals surface area contributed by atoms with Crippen LogP contribution < -0.4 is 5.73 Å².